The monoisotopic (exact) mass is 498 g/mol. The number of rotatable bonds is 6. The van der Waals surface area contributed by atoms with Gasteiger partial charge < -0.3 is 20.3 Å². The van der Waals surface area contributed by atoms with Crippen LogP contribution in [0.1, 0.15) is 28.8 Å². The average molecular weight is 499 g/mol. The number of nitrogens with zero attached hydrogens (tertiary/aromatic N) is 2. The molecular formula is C22H22ClF3N4O4. The van der Waals surface area contributed by atoms with Crippen LogP contribution in [0.3, 0.4) is 0 Å². The van der Waals surface area contributed by atoms with Crippen molar-refractivity contribution in [1.82, 2.24) is 10.3 Å². The smallest absolute Gasteiger partial charge is 0.417 e. The number of alkyl halides is 3. The highest BCUT2D eigenvalue weighted by Gasteiger charge is 2.33. The van der Waals surface area contributed by atoms with Crippen LogP contribution in [0, 0.1) is 5.92 Å². The topological polar surface area (TPSA) is 101 Å². The lowest BCUT2D eigenvalue weighted by Crippen LogP contribution is -2.38. The molecule has 0 spiro atoms. The van der Waals surface area contributed by atoms with Gasteiger partial charge in [-0.05, 0) is 43.2 Å². The van der Waals surface area contributed by atoms with Gasteiger partial charge in [0.25, 0.3) is 5.91 Å². The van der Waals surface area contributed by atoms with E-state index in [9.17, 15) is 27.6 Å². The number of piperidine rings is 1. The molecule has 1 saturated heterocycles. The highest BCUT2D eigenvalue weighted by molar-refractivity contribution is 6.33. The third-order valence-corrected chi connectivity index (χ3v) is 5.63. The second-order valence-corrected chi connectivity index (χ2v) is 8.02. The van der Waals surface area contributed by atoms with Crippen LogP contribution in [0.15, 0.2) is 36.5 Å². The Morgan fingerprint density at radius 2 is 1.82 bits per heavy atom. The maximum Gasteiger partial charge on any atom is 0.417 e. The molecule has 0 saturated carbocycles. The molecule has 2 heterocycles. The minimum atomic E-state index is -4.52. The molecule has 1 fully saturated rings. The van der Waals surface area contributed by atoms with Gasteiger partial charge in [0.1, 0.15) is 12.4 Å². The Bertz CT molecular complexity index is 1060. The summed E-state index contributed by atoms with van der Waals surface area (Å²) in [5.41, 5.74) is -0.0944. The van der Waals surface area contributed by atoms with E-state index in [-0.39, 0.29) is 29.2 Å². The molecule has 1 aliphatic heterocycles. The van der Waals surface area contributed by atoms with E-state index in [1.54, 1.807) is 17.0 Å². The third-order valence-electron chi connectivity index (χ3n) is 5.35. The normalized spacial score (nSPS) is 14.4. The minimum absolute atomic E-state index is 0.0894. The summed E-state index contributed by atoms with van der Waals surface area (Å²) >= 11 is 6.02. The van der Waals surface area contributed by atoms with Crippen molar-refractivity contribution in [1.29, 1.82) is 0 Å². The number of carbonyl (C=O) groups is 3. The lowest BCUT2D eigenvalue weighted by molar-refractivity contribution is -0.139. The van der Waals surface area contributed by atoms with Crippen molar-refractivity contribution < 1.29 is 32.3 Å². The molecule has 12 heteroatoms. The van der Waals surface area contributed by atoms with Gasteiger partial charge in [-0.2, -0.15) is 13.2 Å². The summed E-state index contributed by atoms with van der Waals surface area (Å²) < 4.78 is 42.9. The molecule has 0 unspecified atom stereocenters. The standard InChI is InChI=1S/C22H22ClF3N4O4/c1-34-18(31)12-28-20(32)13-2-4-16(5-3-13)29-21(33)14-6-8-30(9-7-14)19-17(23)10-15(11-27-19)22(24,25)26/h2-5,10-11,14H,6-9,12H2,1H3,(H,28,32)(H,29,33). The second-order valence-electron chi connectivity index (χ2n) is 7.61. The number of benzene rings is 1. The second kappa shape index (κ2) is 10.7. The zero-order valence-corrected chi connectivity index (χ0v) is 18.9. The molecule has 0 aliphatic carbocycles. The van der Waals surface area contributed by atoms with Crippen molar-refractivity contribution in [2.24, 2.45) is 5.92 Å². The number of pyridine rings is 1. The number of ether oxygens (including phenoxy) is 1. The fraction of sp³-hybridized carbons (Fsp3) is 0.364. The quantitative estimate of drug-likeness (QED) is 0.591. The van der Waals surface area contributed by atoms with Crippen molar-refractivity contribution in [2.75, 3.05) is 37.0 Å². The molecule has 34 heavy (non-hydrogen) atoms. The lowest BCUT2D eigenvalue weighted by Gasteiger charge is -2.32. The number of anilines is 2. The summed E-state index contributed by atoms with van der Waals surface area (Å²) in [6, 6.07) is 7.03. The van der Waals surface area contributed by atoms with E-state index in [4.69, 9.17) is 11.6 Å². The number of esters is 1. The van der Waals surface area contributed by atoms with E-state index >= 15 is 0 Å². The number of methoxy groups -OCH3 is 1. The van der Waals surface area contributed by atoms with E-state index in [1.807, 2.05) is 0 Å². The van der Waals surface area contributed by atoms with E-state index in [0.29, 0.717) is 37.2 Å². The predicted octanol–water partition coefficient (Wildman–Crippen LogP) is 3.51. The van der Waals surface area contributed by atoms with Gasteiger partial charge in [-0.15, -0.1) is 0 Å². The van der Waals surface area contributed by atoms with Crippen molar-refractivity contribution in [3.8, 4) is 0 Å². The van der Waals surface area contributed by atoms with Crippen LogP contribution >= 0.6 is 11.6 Å². The number of hydrogen-bond donors (Lipinski definition) is 2. The van der Waals surface area contributed by atoms with Crippen LogP contribution < -0.4 is 15.5 Å². The number of nitrogens with one attached hydrogen (secondary N) is 2. The third kappa shape index (κ3) is 6.37. The molecule has 0 radical (unpaired) electrons. The van der Waals surface area contributed by atoms with E-state index in [2.05, 4.69) is 20.4 Å². The molecule has 2 aromatic rings. The van der Waals surface area contributed by atoms with E-state index in [0.717, 1.165) is 12.3 Å². The number of aromatic nitrogens is 1. The fourth-order valence-corrected chi connectivity index (χ4v) is 3.73. The van der Waals surface area contributed by atoms with Gasteiger partial charge in [0.15, 0.2) is 0 Å². The summed E-state index contributed by atoms with van der Waals surface area (Å²) in [7, 11) is 1.22. The van der Waals surface area contributed by atoms with Crippen molar-refractivity contribution in [3.63, 3.8) is 0 Å². The van der Waals surface area contributed by atoms with Gasteiger partial charge >= 0.3 is 12.1 Å². The molecule has 1 aromatic heterocycles. The lowest BCUT2D eigenvalue weighted by atomic mass is 9.95. The largest absolute Gasteiger partial charge is 0.468 e. The summed E-state index contributed by atoms with van der Waals surface area (Å²) in [4.78, 5) is 41.4. The first-order chi connectivity index (χ1) is 16.1. The van der Waals surface area contributed by atoms with Crippen LogP contribution in [-0.2, 0) is 20.5 Å². The molecule has 3 rings (SSSR count). The summed E-state index contributed by atoms with van der Waals surface area (Å²) in [6.07, 6.45) is -2.83. The average Bonchev–Trinajstić information content (AvgIpc) is 2.82. The summed E-state index contributed by atoms with van der Waals surface area (Å²) in [5.74, 6) is -1.26. The molecular weight excluding hydrogens is 477 g/mol. The molecule has 2 amide bonds. The Kier molecular flexibility index (Phi) is 7.98. The molecule has 0 atom stereocenters. The molecule has 2 N–H and O–H groups in total. The first-order valence-corrected chi connectivity index (χ1v) is 10.7. The minimum Gasteiger partial charge on any atom is -0.468 e. The predicted molar refractivity (Wildman–Crippen MR) is 119 cm³/mol. The van der Waals surface area contributed by atoms with Gasteiger partial charge in [-0.3, -0.25) is 14.4 Å². The van der Waals surface area contributed by atoms with Crippen LogP contribution in [0.5, 0.6) is 0 Å². The molecule has 1 aromatic carbocycles. The maximum atomic E-state index is 12.8. The SMILES string of the molecule is COC(=O)CNC(=O)c1ccc(NC(=O)C2CCN(c3ncc(C(F)(F)F)cc3Cl)CC2)cc1. The highest BCUT2D eigenvalue weighted by Crippen LogP contribution is 2.34. The zero-order valence-electron chi connectivity index (χ0n) is 18.1. The first kappa shape index (κ1) is 25.3. The Balaban J connectivity index is 1.52. The van der Waals surface area contributed by atoms with E-state index < -0.39 is 23.6 Å². The number of halogens is 4. The molecule has 182 valence electrons. The Morgan fingerprint density at radius 1 is 1.18 bits per heavy atom. The van der Waals surface area contributed by atoms with Gasteiger partial charge in [-0.25, -0.2) is 4.98 Å². The molecule has 8 nitrogen and oxygen atoms in total. The van der Waals surface area contributed by atoms with Gasteiger partial charge in [0, 0.05) is 36.5 Å². The Hall–Kier alpha value is -3.34. The van der Waals surface area contributed by atoms with E-state index in [1.165, 1.54) is 19.2 Å². The Morgan fingerprint density at radius 3 is 2.38 bits per heavy atom. The fourth-order valence-electron chi connectivity index (χ4n) is 3.45. The Labute approximate surface area is 198 Å². The highest BCUT2D eigenvalue weighted by atomic mass is 35.5. The van der Waals surface area contributed by atoms with Crippen LogP contribution in [-0.4, -0.2) is 49.5 Å². The molecule has 0 bridgehead atoms. The first-order valence-electron chi connectivity index (χ1n) is 10.3. The van der Waals surface area contributed by atoms with Crippen LogP contribution in [0.4, 0.5) is 24.7 Å². The zero-order chi connectivity index (χ0) is 24.9. The maximum absolute atomic E-state index is 12.8. The number of amides is 2. The van der Waals surface area contributed by atoms with Gasteiger partial charge in [-0.1, -0.05) is 11.6 Å². The van der Waals surface area contributed by atoms with Crippen molar-refractivity contribution in [2.45, 2.75) is 19.0 Å². The van der Waals surface area contributed by atoms with Crippen molar-refractivity contribution in [3.05, 3.63) is 52.7 Å². The van der Waals surface area contributed by atoms with Gasteiger partial charge in [0.2, 0.25) is 5.91 Å². The van der Waals surface area contributed by atoms with Gasteiger partial charge in [0.05, 0.1) is 17.7 Å². The van der Waals surface area contributed by atoms with Crippen LogP contribution in [0.2, 0.25) is 5.02 Å². The van der Waals surface area contributed by atoms with Crippen molar-refractivity contribution >= 4 is 40.9 Å². The number of hydrogen-bond acceptors (Lipinski definition) is 6. The number of carbonyl (C=O) groups excluding carboxylic acids is 3. The summed E-state index contributed by atoms with van der Waals surface area (Å²) in [5, 5.41) is 5.13. The van der Waals surface area contributed by atoms with Crippen LogP contribution in [0.25, 0.3) is 0 Å². The molecule has 1 aliphatic rings. The summed E-state index contributed by atoms with van der Waals surface area (Å²) in [6.45, 7) is 0.574.